The van der Waals surface area contributed by atoms with E-state index < -0.39 is 0 Å². The van der Waals surface area contributed by atoms with Crippen LogP contribution in [-0.4, -0.2) is 48.0 Å². The summed E-state index contributed by atoms with van der Waals surface area (Å²) >= 11 is 0. The first-order chi connectivity index (χ1) is 12.5. The molecule has 0 spiro atoms. The lowest BCUT2D eigenvalue weighted by molar-refractivity contribution is 0.349. The molecule has 0 unspecified atom stereocenters. The van der Waals surface area contributed by atoms with Crippen LogP contribution >= 0.6 is 0 Å². The largest absolute Gasteiger partial charge is 0.496 e. The van der Waals surface area contributed by atoms with E-state index in [1.807, 2.05) is 26.2 Å². The van der Waals surface area contributed by atoms with Crippen LogP contribution in [0.15, 0.2) is 35.5 Å². The van der Waals surface area contributed by atoms with Gasteiger partial charge in [0.25, 0.3) is 5.56 Å². The number of aryl methyl sites for hydroxylation is 1. The molecule has 0 saturated heterocycles. The van der Waals surface area contributed by atoms with Gasteiger partial charge >= 0.3 is 0 Å². The fourth-order valence-electron chi connectivity index (χ4n) is 3.06. The number of nitrogens with zero attached hydrogens (tertiary/aromatic N) is 4. The van der Waals surface area contributed by atoms with Gasteiger partial charge in [-0.05, 0) is 31.8 Å². The van der Waals surface area contributed by atoms with E-state index in [-0.39, 0.29) is 5.56 Å². The first kappa shape index (κ1) is 17.9. The molecule has 26 heavy (non-hydrogen) atoms. The summed E-state index contributed by atoms with van der Waals surface area (Å²) in [5.74, 6) is 1.47. The number of ether oxygens (including phenoxy) is 2. The molecule has 2 aromatic heterocycles. The Bertz CT molecular complexity index is 986. The van der Waals surface area contributed by atoms with Crippen LogP contribution in [0, 0.1) is 0 Å². The Morgan fingerprint density at radius 1 is 1.04 bits per heavy atom. The summed E-state index contributed by atoms with van der Waals surface area (Å²) in [4.78, 5) is 14.4. The lowest BCUT2D eigenvalue weighted by Gasteiger charge is -2.19. The van der Waals surface area contributed by atoms with Crippen molar-refractivity contribution < 1.29 is 9.47 Å². The predicted molar refractivity (Wildman–Crippen MR) is 101 cm³/mol. The molecule has 0 bridgehead atoms. The maximum absolute atomic E-state index is 12.4. The minimum atomic E-state index is -0.109. The molecule has 0 aliphatic carbocycles. The lowest BCUT2D eigenvalue weighted by Crippen LogP contribution is -2.17. The molecule has 3 aromatic rings. The van der Waals surface area contributed by atoms with Crippen molar-refractivity contribution >= 4 is 10.8 Å². The van der Waals surface area contributed by atoms with E-state index in [9.17, 15) is 4.79 Å². The van der Waals surface area contributed by atoms with Crippen molar-refractivity contribution in [1.29, 1.82) is 0 Å². The predicted octanol–water partition coefficient (Wildman–Crippen LogP) is 2.07. The zero-order valence-electron chi connectivity index (χ0n) is 15.6. The van der Waals surface area contributed by atoms with Crippen LogP contribution in [0.25, 0.3) is 21.9 Å². The molecule has 0 N–H and O–H groups in total. The summed E-state index contributed by atoms with van der Waals surface area (Å²) < 4.78 is 12.8. The van der Waals surface area contributed by atoms with Gasteiger partial charge in [0.15, 0.2) is 0 Å². The maximum Gasteiger partial charge on any atom is 0.259 e. The summed E-state index contributed by atoms with van der Waals surface area (Å²) in [6.07, 6.45) is 4.90. The van der Waals surface area contributed by atoms with Gasteiger partial charge in [-0.1, -0.05) is 0 Å². The maximum atomic E-state index is 12.4. The number of aromatic nitrogens is 3. The summed E-state index contributed by atoms with van der Waals surface area (Å²) in [6.45, 7) is 0.687. The third kappa shape index (κ3) is 3.13. The molecular formula is C19H22N4O3. The fraction of sp³-hybridized carbons (Fsp3) is 0.316. The van der Waals surface area contributed by atoms with Gasteiger partial charge in [-0.3, -0.25) is 4.79 Å². The Hall–Kier alpha value is -2.93. The SMILES string of the molecule is COc1cc(-c2cn(C)c(=O)c3cnncc23)cc(OC)c1CN(C)C. The Morgan fingerprint density at radius 2 is 1.62 bits per heavy atom. The second-order valence-corrected chi connectivity index (χ2v) is 6.37. The molecule has 2 heterocycles. The van der Waals surface area contributed by atoms with Gasteiger partial charge in [-0.15, -0.1) is 0 Å². The van der Waals surface area contributed by atoms with E-state index in [4.69, 9.17) is 9.47 Å². The number of pyridine rings is 1. The molecule has 0 aliphatic rings. The third-order valence-electron chi connectivity index (χ3n) is 4.29. The van der Waals surface area contributed by atoms with Crippen molar-refractivity contribution in [3.63, 3.8) is 0 Å². The molecule has 7 heteroatoms. The lowest BCUT2D eigenvalue weighted by atomic mass is 9.99. The van der Waals surface area contributed by atoms with Crippen molar-refractivity contribution in [2.24, 2.45) is 7.05 Å². The van der Waals surface area contributed by atoms with Gasteiger partial charge in [0.1, 0.15) is 11.5 Å². The van der Waals surface area contributed by atoms with Crippen LogP contribution in [0.2, 0.25) is 0 Å². The third-order valence-corrected chi connectivity index (χ3v) is 4.29. The summed E-state index contributed by atoms with van der Waals surface area (Å²) in [5, 5.41) is 9.06. The molecule has 136 valence electrons. The van der Waals surface area contributed by atoms with Gasteiger partial charge < -0.3 is 18.9 Å². The number of rotatable bonds is 5. The topological polar surface area (TPSA) is 69.5 Å². The van der Waals surface area contributed by atoms with Crippen molar-refractivity contribution in [3.8, 4) is 22.6 Å². The van der Waals surface area contributed by atoms with Gasteiger partial charge in [-0.25, -0.2) is 0 Å². The number of hydrogen-bond donors (Lipinski definition) is 0. The zero-order valence-corrected chi connectivity index (χ0v) is 15.6. The number of methoxy groups -OCH3 is 2. The average molecular weight is 354 g/mol. The Kier molecular flexibility index (Phi) is 4.90. The minimum Gasteiger partial charge on any atom is -0.496 e. The molecular weight excluding hydrogens is 332 g/mol. The summed E-state index contributed by atoms with van der Waals surface area (Å²) in [6, 6.07) is 3.92. The molecule has 0 radical (unpaired) electrons. The van der Waals surface area contributed by atoms with E-state index in [1.54, 1.807) is 38.2 Å². The van der Waals surface area contributed by atoms with Gasteiger partial charge in [0.05, 0.1) is 37.6 Å². The average Bonchev–Trinajstić information content (AvgIpc) is 2.64. The molecule has 0 aliphatic heterocycles. The van der Waals surface area contributed by atoms with Gasteiger partial charge in [0, 0.05) is 30.7 Å². The second kappa shape index (κ2) is 7.13. The van der Waals surface area contributed by atoms with Crippen LogP contribution in [0.3, 0.4) is 0 Å². The Labute approximate surface area is 151 Å². The van der Waals surface area contributed by atoms with E-state index >= 15 is 0 Å². The molecule has 1 aromatic carbocycles. The molecule has 3 rings (SSSR count). The molecule has 0 saturated carbocycles. The zero-order chi connectivity index (χ0) is 18.8. The number of hydrogen-bond acceptors (Lipinski definition) is 6. The van der Waals surface area contributed by atoms with Crippen LogP contribution in [0.4, 0.5) is 0 Å². The molecule has 0 atom stereocenters. The normalized spacial score (nSPS) is 11.2. The first-order valence-electron chi connectivity index (χ1n) is 8.16. The molecule has 7 nitrogen and oxygen atoms in total. The van der Waals surface area contributed by atoms with Crippen LogP contribution in [0.5, 0.6) is 11.5 Å². The van der Waals surface area contributed by atoms with Crippen molar-refractivity contribution in [2.45, 2.75) is 6.54 Å². The summed E-state index contributed by atoms with van der Waals surface area (Å²) in [7, 11) is 8.99. The standard InChI is InChI=1S/C19H22N4O3/c1-22(2)10-16-17(25-4)6-12(7-18(16)26-5)15-11-23(3)19(24)14-9-21-20-8-13(14)15/h6-9,11H,10H2,1-5H3. The quantitative estimate of drug-likeness (QED) is 0.699. The fourth-order valence-corrected chi connectivity index (χ4v) is 3.06. The van der Waals surface area contributed by atoms with Crippen molar-refractivity contribution in [2.75, 3.05) is 28.3 Å². The van der Waals surface area contributed by atoms with E-state index in [2.05, 4.69) is 15.1 Å². The highest BCUT2D eigenvalue weighted by Gasteiger charge is 2.17. The Balaban J connectivity index is 2.30. The van der Waals surface area contributed by atoms with Crippen LogP contribution in [-0.2, 0) is 13.6 Å². The van der Waals surface area contributed by atoms with Crippen molar-refractivity contribution in [3.05, 3.63) is 46.6 Å². The Morgan fingerprint density at radius 3 is 2.15 bits per heavy atom. The molecule has 0 fully saturated rings. The first-order valence-corrected chi connectivity index (χ1v) is 8.16. The second-order valence-electron chi connectivity index (χ2n) is 6.37. The minimum absolute atomic E-state index is 0.109. The van der Waals surface area contributed by atoms with E-state index in [1.165, 1.54) is 6.20 Å². The van der Waals surface area contributed by atoms with E-state index in [0.29, 0.717) is 11.9 Å². The van der Waals surface area contributed by atoms with Crippen molar-refractivity contribution in [1.82, 2.24) is 19.7 Å². The molecule has 0 amide bonds. The number of fused-ring (bicyclic) bond motifs is 1. The van der Waals surface area contributed by atoms with Gasteiger partial charge in [-0.2, -0.15) is 10.2 Å². The van der Waals surface area contributed by atoms with Crippen LogP contribution in [0.1, 0.15) is 5.56 Å². The number of benzene rings is 1. The van der Waals surface area contributed by atoms with Crippen LogP contribution < -0.4 is 15.0 Å². The van der Waals surface area contributed by atoms with E-state index in [0.717, 1.165) is 33.6 Å². The highest BCUT2D eigenvalue weighted by Crippen LogP contribution is 2.37. The summed E-state index contributed by atoms with van der Waals surface area (Å²) in [5.41, 5.74) is 2.61. The highest BCUT2D eigenvalue weighted by atomic mass is 16.5. The highest BCUT2D eigenvalue weighted by molar-refractivity contribution is 5.95. The monoisotopic (exact) mass is 354 g/mol. The smallest absolute Gasteiger partial charge is 0.259 e. The van der Waals surface area contributed by atoms with Gasteiger partial charge in [0.2, 0.25) is 0 Å².